The summed E-state index contributed by atoms with van der Waals surface area (Å²) in [7, 11) is 6.39. The molecule has 9 nitrogen and oxygen atoms in total. The van der Waals surface area contributed by atoms with Crippen LogP contribution in [0.1, 0.15) is 34.0 Å². The van der Waals surface area contributed by atoms with Gasteiger partial charge in [-0.05, 0) is 56.2 Å². The molecule has 0 saturated heterocycles. The third-order valence-corrected chi connectivity index (χ3v) is 6.59. The van der Waals surface area contributed by atoms with Gasteiger partial charge in [-0.25, -0.2) is 4.39 Å². The molecule has 0 unspecified atom stereocenters. The van der Waals surface area contributed by atoms with Crippen molar-refractivity contribution in [2.75, 3.05) is 37.9 Å². The van der Waals surface area contributed by atoms with Crippen molar-refractivity contribution in [1.29, 1.82) is 0 Å². The second kappa shape index (κ2) is 11.9. The van der Waals surface area contributed by atoms with E-state index in [2.05, 4.69) is 5.32 Å². The Morgan fingerprint density at radius 2 is 1.77 bits per heavy atom. The Bertz CT molecular complexity index is 1480. The first kappa shape index (κ1) is 29.1. The molecule has 3 amide bonds. The van der Waals surface area contributed by atoms with Crippen molar-refractivity contribution in [2.24, 2.45) is 7.05 Å². The molecule has 1 N–H and O–H groups in total. The van der Waals surface area contributed by atoms with E-state index >= 15 is 0 Å². The number of hydrogen-bond acceptors (Lipinski definition) is 5. The lowest BCUT2D eigenvalue weighted by atomic mass is 10.0. The van der Waals surface area contributed by atoms with E-state index < -0.39 is 17.3 Å². The number of benzene rings is 2. The number of nitrogens with zero attached hydrogens (tertiary/aromatic N) is 4. The highest BCUT2D eigenvalue weighted by atomic mass is 19.1. The normalized spacial score (nSPS) is 10.7. The van der Waals surface area contributed by atoms with Crippen LogP contribution in [0.5, 0.6) is 0 Å². The average Bonchev–Trinajstić information content (AvgIpc) is 2.90. The predicted octanol–water partition coefficient (Wildman–Crippen LogP) is 3.90. The fourth-order valence-electron chi connectivity index (χ4n) is 4.15. The van der Waals surface area contributed by atoms with Crippen LogP contribution < -0.4 is 15.8 Å². The summed E-state index contributed by atoms with van der Waals surface area (Å²) in [5, 5.41) is 2.93. The lowest BCUT2D eigenvalue weighted by Gasteiger charge is -2.28. The number of likely N-dealkylation sites (N-methyl/N-ethyl adjacent to an activating group) is 1. The number of hydrogen-bond donors (Lipinski definition) is 1. The van der Waals surface area contributed by atoms with Crippen LogP contribution >= 0.6 is 0 Å². The largest absolute Gasteiger partial charge is 0.349 e. The molecule has 0 atom stereocenters. The first-order valence-electron chi connectivity index (χ1n) is 12.5. The summed E-state index contributed by atoms with van der Waals surface area (Å²) in [5.41, 5.74) is 1.58. The van der Waals surface area contributed by atoms with Crippen molar-refractivity contribution >= 4 is 41.1 Å². The van der Waals surface area contributed by atoms with Gasteiger partial charge in [-0.1, -0.05) is 18.2 Å². The van der Waals surface area contributed by atoms with Crippen LogP contribution in [-0.4, -0.2) is 60.3 Å². The molecule has 1 aromatic heterocycles. The molecule has 206 valence electrons. The molecule has 0 fully saturated rings. The second-order valence-electron chi connectivity index (χ2n) is 9.60. The molecule has 0 radical (unpaired) electrons. The number of carbonyl (C=O) groups is 3. The standard InChI is InChI=1S/C29H34FN5O4/c1-8-33(6)29(39)25-26(35(17-36)21-11-9-10-20(15-21)16-24(37)32(4)5)19(3)28(38)34(7)27(25)31-23-13-12-18(2)14-22(23)30/h9-15,17,31H,8,16H2,1-7H3. The second-order valence-corrected chi connectivity index (χ2v) is 9.60. The number of carbonyl (C=O) groups excluding carboxylic acids is 3. The fraction of sp³-hybridized carbons (Fsp3) is 0.310. The Hall–Kier alpha value is -4.47. The van der Waals surface area contributed by atoms with E-state index in [1.165, 1.54) is 45.4 Å². The van der Waals surface area contributed by atoms with Crippen LogP contribution in [0.25, 0.3) is 0 Å². The molecule has 3 rings (SSSR count). The van der Waals surface area contributed by atoms with Crippen LogP contribution in [0.2, 0.25) is 0 Å². The van der Waals surface area contributed by atoms with Gasteiger partial charge >= 0.3 is 0 Å². The minimum atomic E-state index is -0.558. The molecule has 10 heteroatoms. The van der Waals surface area contributed by atoms with Gasteiger partial charge in [0, 0.05) is 46.0 Å². The van der Waals surface area contributed by atoms with Gasteiger partial charge in [-0.3, -0.25) is 28.6 Å². The van der Waals surface area contributed by atoms with Crippen LogP contribution in [0.4, 0.5) is 27.3 Å². The Balaban J connectivity index is 2.31. The summed E-state index contributed by atoms with van der Waals surface area (Å²) in [6.07, 6.45) is 0.626. The fourth-order valence-corrected chi connectivity index (χ4v) is 4.15. The molecule has 0 aliphatic rings. The number of rotatable bonds is 9. The quantitative estimate of drug-likeness (QED) is 0.420. The highest BCUT2D eigenvalue weighted by Crippen LogP contribution is 2.36. The number of aromatic nitrogens is 1. The van der Waals surface area contributed by atoms with E-state index in [0.29, 0.717) is 29.8 Å². The maximum atomic E-state index is 14.9. The van der Waals surface area contributed by atoms with Gasteiger partial charge in [0.2, 0.25) is 12.3 Å². The third-order valence-electron chi connectivity index (χ3n) is 6.59. The molecule has 1 heterocycles. The number of pyridine rings is 1. The highest BCUT2D eigenvalue weighted by Gasteiger charge is 2.30. The zero-order valence-electron chi connectivity index (χ0n) is 23.3. The molecule has 0 spiro atoms. The van der Waals surface area contributed by atoms with Crippen molar-refractivity contribution in [3.63, 3.8) is 0 Å². The lowest BCUT2D eigenvalue weighted by molar-refractivity contribution is -0.127. The predicted molar refractivity (Wildman–Crippen MR) is 151 cm³/mol. The van der Waals surface area contributed by atoms with Gasteiger partial charge in [0.25, 0.3) is 11.5 Å². The van der Waals surface area contributed by atoms with Gasteiger partial charge in [0.05, 0.1) is 17.8 Å². The monoisotopic (exact) mass is 535 g/mol. The van der Waals surface area contributed by atoms with E-state index in [1.54, 1.807) is 65.3 Å². The van der Waals surface area contributed by atoms with E-state index in [9.17, 15) is 23.6 Å². The highest BCUT2D eigenvalue weighted by molar-refractivity contribution is 6.08. The summed E-state index contributed by atoms with van der Waals surface area (Å²) in [6.45, 7) is 5.43. The molecule has 0 aliphatic carbocycles. The van der Waals surface area contributed by atoms with Crippen LogP contribution in [0, 0.1) is 19.7 Å². The first-order chi connectivity index (χ1) is 18.4. The van der Waals surface area contributed by atoms with Gasteiger partial charge in [-0.2, -0.15) is 0 Å². The lowest BCUT2D eigenvalue weighted by Crippen LogP contribution is -2.34. The number of aryl methyl sites for hydroxylation is 1. The van der Waals surface area contributed by atoms with E-state index in [0.717, 1.165) is 0 Å². The molecule has 0 bridgehead atoms. The zero-order chi connectivity index (χ0) is 29.0. The minimum absolute atomic E-state index is 0.0285. The average molecular weight is 536 g/mol. The number of amides is 3. The van der Waals surface area contributed by atoms with Crippen molar-refractivity contribution in [1.82, 2.24) is 14.4 Å². The van der Waals surface area contributed by atoms with E-state index in [1.807, 2.05) is 0 Å². The smallest absolute Gasteiger partial charge is 0.259 e. The Kier molecular flexibility index (Phi) is 8.90. The third kappa shape index (κ3) is 6.00. The summed E-state index contributed by atoms with van der Waals surface area (Å²) in [6, 6.07) is 11.3. The van der Waals surface area contributed by atoms with Crippen LogP contribution in [0.3, 0.4) is 0 Å². The zero-order valence-corrected chi connectivity index (χ0v) is 23.3. The van der Waals surface area contributed by atoms with Crippen molar-refractivity contribution in [2.45, 2.75) is 27.2 Å². The van der Waals surface area contributed by atoms with Crippen LogP contribution in [-0.2, 0) is 23.1 Å². The first-order valence-corrected chi connectivity index (χ1v) is 12.5. The molecular formula is C29H34FN5O4. The SMILES string of the molecule is CCN(C)C(=O)c1c(N(C=O)c2cccc(CC(=O)N(C)C)c2)c(C)c(=O)n(C)c1Nc1ccc(C)cc1F. The Labute approximate surface area is 227 Å². The summed E-state index contributed by atoms with van der Waals surface area (Å²) >= 11 is 0. The van der Waals surface area contributed by atoms with Crippen molar-refractivity contribution < 1.29 is 18.8 Å². The molecule has 3 aromatic rings. The van der Waals surface area contributed by atoms with Crippen LogP contribution in [0.15, 0.2) is 47.3 Å². The molecule has 39 heavy (non-hydrogen) atoms. The van der Waals surface area contributed by atoms with Crippen molar-refractivity contribution in [3.05, 3.63) is 80.9 Å². The van der Waals surface area contributed by atoms with Gasteiger partial charge < -0.3 is 15.1 Å². The molecule has 0 saturated carbocycles. The Morgan fingerprint density at radius 1 is 1.08 bits per heavy atom. The topological polar surface area (TPSA) is 95.0 Å². The number of nitrogens with one attached hydrogen (secondary N) is 1. The maximum absolute atomic E-state index is 14.9. The summed E-state index contributed by atoms with van der Waals surface area (Å²) in [5.74, 6) is -1.11. The molecule has 2 aromatic carbocycles. The maximum Gasteiger partial charge on any atom is 0.259 e. The van der Waals surface area contributed by atoms with E-state index in [-0.39, 0.29) is 40.6 Å². The summed E-state index contributed by atoms with van der Waals surface area (Å²) in [4.78, 5) is 56.2. The summed E-state index contributed by atoms with van der Waals surface area (Å²) < 4.78 is 16.1. The van der Waals surface area contributed by atoms with Crippen molar-refractivity contribution in [3.8, 4) is 0 Å². The van der Waals surface area contributed by atoms with Gasteiger partial charge in [0.1, 0.15) is 17.2 Å². The molecule has 0 aliphatic heterocycles. The van der Waals surface area contributed by atoms with Gasteiger partial charge in [0.15, 0.2) is 0 Å². The number of anilines is 4. The number of halogens is 1. The van der Waals surface area contributed by atoms with E-state index in [4.69, 9.17) is 0 Å². The van der Waals surface area contributed by atoms with Gasteiger partial charge in [-0.15, -0.1) is 0 Å². The Morgan fingerprint density at radius 3 is 2.36 bits per heavy atom. The molecular weight excluding hydrogens is 501 g/mol. The minimum Gasteiger partial charge on any atom is -0.349 e.